The number of hydrogen-bond donors (Lipinski definition) is 2. The Labute approximate surface area is 191 Å². The highest BCUT2D eigenvalue weighted by molar-refractivity contribution is 7.99. The monoisotopic (exact) mass is 453 g/mol. The minimum Gasteiger partial charge on any atom is -0.497 e. The molecule has 9 heteroatoms. The zero-order chi connectivity index (χ0) is 22.9. The van der Waals surface area contributed by atoms with Gasteiger partial charge in [0.15, 0.2) is 11.0 Å². The highest BCUT2D eigenvalue weighted by Crippen LogP contribution is 2.17. The van der Waals surface area contributed by atoms with E-state index in [0.717, 1.165) is 16.9 Å². The maximum absolute atomic E-state index is 12.3. The molecule has 2 N–H and O–H groups in total. The molecule has 1 atom stereocenters. The van der Waals surface area contributed by atoms with Crippen LogP contribution in [0.5, 0.6) is 5.75 Å². The third kappa shape index (κ3) is 6.58. The van der Waals surface area contributed by atoms with Crippen molar-refractivity contribution in [2.75, 3.05) is 12.9 Å². The van der Waals surface area contributed by atoms with E-state index in [0.29, 0.717) is 11.0 Å². The number of aromatic nitrogens is 3. The molecule has 3 rings (SSSR count). The molecule has 168 valence electrons. The first-order valence-corrected chi connectivity index (χ1v) is 11.2. The number of methoxy groups -OCH3 is 1. The van der Waals surface area contributed by atoms with Crippen LogP contribution in [0, 0.1) is 0 Å². The SMILES string of the molecule is COc1ccc(CC(=O)NCc2nnc(SCC(=O)NC(C)c3ccccc3)n2C)cc1. The topological polar surface area (TPSA) is 98.1 Å². The summed E-state index contributed by atoms with van der Waals surface area (Å²) >= 11 is 1.31. The third-order valence-electron chi connectivity index (χ3n) is 4.90. The number of carbonyl (C=O) groups excluding carboxylic acids is 2. The first-order chi connectivity index (χ1) is 15.5. The normalized spacial score (nSPS) is 11.6. The Balaban J connectivity index is 1.45. The van der Waals surface area contributed by atoms with Gasteiger partial charge in [0.25, 0.3) is 0 Å². The number of benzene rings is 2. The van der Waals surface area contributed by atoms with E-state index in [1.54, 1.807) is 11.7 Å². The summed E-state index contributed by atoms with van der Waals surface area (Å²) in [6, 6.07) is 17.1. The van der Waals surface area contributed by atoms with Gasteiger partial charge in [-0.05, 0) is 30.2 Å². The Hall–Kier alpha value is -3.33. The molecule has 0 radical (unpaired) electrons. The van der Waals surface area contributed by atoms with Gasteiger partial charge in [-0.3, -0.25) is 9.59 Å². The van der Waals surface area contributed by atoms with Crippen molar-refractivity contribution in [2.45, 2.75) is 31.1 Å². The number of nitrogens with zero attached hydrogens (tertiary/aromatic N) is 3. The Kier molecular flexibility index (Phi) is 8.27. The number of ether oxygens (including phenoxy) is 1. The summed E-state index contributed by atoms with van der Waals surface area (Å²) in [7, 11) is 3.42. The average molecular weight is 454 g/mol. The fourth-order valence-corrected chi connectivity index (χ4v) is 3.77. The predicted octanol–water partition coefficient (Wildman–Crippen LogP) is 2.65. The zero-order valence-electron chi connectivity index (χ0n) is 18.4. The van der Waals surface area contributed by atoms with Gasteiger partial charge in [-0.15, -0.1) is 10.2 Å². The Morgan fingerprint density at radius 2 is 1.78 bits per heavy atom. The number of rotatable bonds is 10. The van der Waals surface area contributed by atoms with Gasteiger partial charge in [0.05, 0.1) is 31.9 Å². The highest BCUT2D eigenvalue weighted by atomic mass is 32.2. The van der Waals surface area contributed by atoms with Crippen LogP contribution in [0.2, 0.25) is 0 Å². The molecule has 0 fully saturated rings. The fraction of sp³-hybridized carbons (Fsp3) is 0.304. The summed E-state index contributed by atoms with van der Waals surface area (Å²) in [4.78, 5) is 24.5. The van der Waals surface area contributed by atoms with Crippen molar-refractivity contribution in [1.82, 2.24) is 25.4 Å². The second-order valence-electron chi connectivity index (χ2n) is 7.25. The number of hydrogen-bond acceptors (Lipinski definition) is 6. The number of thioether (sulfide) groups is 1. The van der Waals surface area contributed by atoms with Gasteiger partial charge in [0.2, 0.25) is 11.8 Å². The Morgan fingerprint density at radius 3 is 2.47 bits per heavy atom. The van der Waals surface area contributed by atoms with Crippen molar-refractivity contribution in [1.29, 1.82) is 0 Å². The molecule has 3 aromatic rings. The van der Waals surface area contributed by atoms with E-state index in [4.69, 9.17) is 4.74 Å². The third-order valence-corrected chi connectivity index (χ3v) is 5.92. The van der Waals surface area contributed by atoms with Crippen LogP contribution in [0.3, 0.4) is 0 Å². The first kappa shape index (κ1) is 23.3. The smallest absolute Gasteiger partial charge is 0.230 e. The summed E-state index contributed by atoms with van der Waals surface area (Å²) in [6.07, 6.45) is 0.267. The summed E-state index contributed by atoms with van der Waals surface area (Å²) in [5, 5.41) is 14.7. The van der Waals surface area contributed by atoms with Crippen LogP contribution in [-0.4, -0.2) is 39.4 Å². The van der Waals surface area contributed by atoms with Gasteiger partial charge in [-0.25, -0.2) is 0 Å². The van der Waals surface area contributed by atoms with Crippen LogP contribution in [0.1, 0.15) is 29.9 Å². The number of amides is 2. The van der Waals surface area contributed by atoms with Gasteiger partial charge in [0, 0.05) is 7.05 Å². The molecule has 8 nitrogen and oxygen atoms in total. The minimum absolute atomic E-state index is 0.0692. The van der Waals surface area contributed by atoms with Gasteiger partial charge in [-0.2, -0.15) is 0 Å². The predicted molar refractivity (Wildman–Crippen MR) is 123 cm³/mol. The lowest BCUT2D eigenvalue weighted by molar-refractivity contribution is -0.121. The Bertz CT molecular complexity index is 1040. The molecule has 1 heterocycles. The van der Waals surface area contributed by atoms with E-state index >= 15 is 0 Å². The molecule has 0 bridgehead atoms. The Morgan fingerprint density at radius 1 is 1.06 bits per heavy atom. The summed E-state index contributed by atoms with van der Waals surface area (Å²) < 4.78 is 6.91. The van der Waals surface area contributed by atoms with Crippen LogP contribution in [0.15, 0.2) is 59.8 Å². The molecule has 1 unspecified atom stereocenters. The molecule has 2 aromatic carbocycles. The first-order valence-electron chi connectivity index (χ1n) is 10.2. The van der Waals surface area contributed by atoms with Crippen molar-refractivity contribution in [3.8, 4) is 5.75 Å². The molecule has 0 aliphatic rings. The largest absolute Gasteiger partial charge is 0.497 e. The van der Waals surface area contributed by atoms with E-state index in [1.165, 1.54) is 11.8 Å². The molecule has 1 aromatic heterocycles. The lowest BCUT2D eigenvalue weighted by Gasteiger charge is -2.14. The number of carbonyl (C=O) groups is 2. The number of nitrogens with one attached hydrogen (secondary N) is 2. The molecular formula is C23H27N5O3S. The molecule has 0 spiro atoms. The minimum atomic E-state index is -0.110. The molecule has 0 aliphatic carbocycles. The van der Waals surface area contributed by atoms with Crippen LogP contribution < -0.4 is 15.4 Å². The maximum Gasteiger partial charge on any atom is 0.230 e. The summed E-state index contributed by atoms with van der Waals surface area (Å²) in [5.74, 6) is 1.41. The standard InChI is InChI=1S/C23H27N5O3S/c1-16(18-7-5-4-6-8-18)25-22(30)15-32-23-27-26-20(28(23)2)14-24-21(29)13-17-9-11-19(31-3)12-10-17/h4-12,16H,13-15H2,1-3H3,(H,24,29)(H,25,30). The zero-order valence-corrected chi connectivity index (χ0v) is 19.2. The molecule has 0 saturated carbocycles. The molecule has 32 heavy (non-hydrogen) atoms. The van der Waals surface area contributed by atoms with Crippen LogP contribution >= 0.6 is 11.8 Å². The van der Waals surface area contributed by atoms with E-state index in [9.17, 15) is 9.59 Å². The van der Waals surface area contributed by atoms with Gasteiger partial charge in [-0.1, -0.05) is 54.2 Å². The molecular weight excluding hydrogens is 426 g/mol. The van der Waals surface area contributed by atoms with Crippen molar-refractivity contribution in [3.05, 3.63) is 71.5 Å². The van der Waals surface area contributed by atoms with E-state index in [1.807, 2.05) is 68.6 Å². The van der Waals surface area contributed by atoms with Gasteiger partial charge < -0.3 is 19.9 Å². The van der Waals surface area contributed by atoms with Crippen molar-refractivity contribution >= 4 is 23.6 Å². The lowest BCUT2D eigenvalue weighted by Crippen LogP contribution is -2.28. The molecule has 0 aliphatic heterocycles. The fourth-order valence-electron chi connectivity index (χ4n) is 3.03. The van der Waals surface area contributed by atoms with E-state index in [-0.39, 0.29) is 36.6 Å². The summed E-state index contributed by atoms with van der Waals surface area (Å²) in [6.45, 7) is 2.21. The molecule has 0 saturated heterocycles. The van der Waals surface area contributed by atoms with Gasteiger partial charge >= 0.3 is 0 Å². The van der Waals surface area contributed by atoms with Crippen molar-refractivity contribution in [2.24, 2.45) is 7.05 Å². The van der Waals surface area contributed by atoms with Crippen molar-refractivity contribution < 1.29 is 14.3 Å². The van der Waals surface area contributed by atoms with Crippen LogP contribution in [-0.2, 0) is 29.6 Å². The van der Waals surface area contributed by atoms with Crippen LogP contribution in [0.4, 0.5) is 0 Å². The second kappa shape index (κ2) is 11.3. The highest BCUT2D eigenvalue weighted by Gasteiger charge is 2.14. The van der Waals surface area contributed by atoms with Crippen molar-refractivity contribution in [3.63, 3.8) is 0 Å². The summed E-state index contributed by atoms with van der Waals surface area (Å²) in [5.41, 5.74) is 1.95. The molecule has 2 amide bonds. The van der Waals surface area contributed by atoms with E-state index < -0.39 is 0 Å². The van der Waals surface area contributed by atoms with Gasteiger partial charge in [0.1, 0.15) is 5.75 Å². The second-order valence-corrected chi connectivity index (χ2v) is 8.19. The lowest BCUT2D eigenvalue weighted by atomic mass is 10.1. The maximum atomic E-state index is 12.3. The van der Waals surface area contributed by atoms with Crippen LogP contribution in [0.25, 0.3) is 0 Å². The quantitative estimate of drug-likeness (QED) is 0.458. The van der Waals surface area contributed by atoms with E-state index in [2.05, 4.69) is 20.8 Å². The average Bonchev–Trinajstić information content (AvgIpc) is 3.16.